The Bertz CT molecular complexity index is 569. The van der Waals surface area contributed by atoms with Crippen molar-refractivity contribution in [2.24, 2.45) is 4.99 Å². The molecule has 0 saturated heterocycles. The Morgan fingerprint density at radius 3 is 2.59 bits per heavy atom. The molecule has 1 aliphatic rings. The first-order valence-corrected chi connectivity index (χ1v) is 10.7. The Morgan fingerprint density at radius 2 is 1.89 bits per heavy atom. The van der Waals surface area contributed by atoms with Gasteiger partial charge in [-0.1, -0.05) is 6.42 Å². The minimum absolute atomic E-state index is 0.541. The number of fused-ring (bicyclic) bond motifs is 1. The maximum Gasteiger partial charge on any atom is 0.191 e. The fraction of sp³-hybridized carbons (Fsp3) is 0.850. The van der Waals surface area contributed by atoms with Crippen LogP contribution in [0.3, 0.4) is 0 Å². The molecule has 0 unspecified atom stereocenters. The molecule has 0 fully saturated rings. The molecule has 0 saturated carbocycles. The lowest BCUT2D eigenvalue weighted by Gasteiger charge is -2.29. The summed E-state index contributed by atoms with van der Waals surface area (Å²) in [7, 11) is 0. The van der Waals surface area contributed by atoms with Crippen molar-refractivity contribution in [3.63, 3.8) is 0 Å². The van der Waals surface area contributed by atoms with Gasteiger partial charge in [-0.15, -0.1) is 10.2 Å². The van der Waals surface area contributed by atoms with Crippen LogP contribution in [0.1, 0.15) is 65.5 Å². The van der Waals surface area contributed by atoms with Gasteiger partial charge >= 0.3 is 0 Å². The van der Waals surface area contributed by atoms with Crippen LogP contribution in [-0.2, 0) is 19.4 Å². The standard InChI is InChI=1S/C20H39N7/c1-6-21-20(23-13-15-26(16(2)3)17(4)5)22-12-11-19-25-24-18-10-8-7-9-14-27(18)19/h16-17H,6-15H2,1-5H3,(H2,21,22,23). The highest BCUT2D eigenvalue weighted by Crippen LogP contribution is 2.14. The van der Waals surface area contributed by atoms with E-state index in [9.17, 15) is 0 Å². The van der Waals surface area contributed by atoms with Gasteiger partial charge in [-0.3, -0.25) is 9.89 Å². The van der Waals surface area contributed by atoms with Crippen LogP contribution in [0, 0.1) is 0 Å². The third-order valence-corrected chi connectivity index (χ3v) is 5.13. The summed E-state index contributed by atoms with van der Waals surface area (Å²) in [4.78, 5) is 7.22. The first-order valence-electron chi connectivity index (χ1n) is 10.7. The molecule has 1 aliphatic heterocycles. The first-order chi connectivity index (χ1) is 13.0. The Balaban J connectivity index is 1.84. The number of aryl methyl sites for hydroxylation is 1. The lowest BCUT2D eigenvalue weighted by atomic mass is 10.2. The second kappa shape index (κ2) is 11.3. The molecule has 2 rings (SSSR count). The van der Waals surface area contributed by atoms with Gasteiger partial charge in [0.05, 0.1) is 6.54 Å². The molecule has 0 bridgehead atoms. The quantitative estimate of drug-likeness (QED) is 0.510. The number of nitrogens with one attached hydrogen (secondary N) is 2. The van der Waals surface area contributed by atoms with E-state index in [0.29, 0.717) is 12.1 Å². The molecule has 0 spiro atoms. The van der Waals surface area contributed by atoms with Crippen LogP contribution in [0.2, 0.25) is 0 Å². The summed E-state index contributed by atoms with van der Waals surface area (Å²) in [5.41, 5.74) is 0. The van der Waals surface area contributed by atoms with E-state index in [4.69, 9.17) is 4.99 Å². The van der Waals surface area contributed by atoms with Gasteiger partial charge in [0.15, 0.2) is 5.96 Å². The summed E-state index contributed by atoms with van der Waals surface area (Å²) in [6.07, 6.45) is 5.70. The van der Waals surface area contributed by atoms with Crippen molar-refractivity contribution in [2.45, 2.75) is 85.4 Å². The van der Waals surface area contributed by atoms with Gasteiger partial charge in [0.25, 0.3) is 0 Å². The molecule has 7 nitrogen and oxygen atoms in total. The predicted octanol–water partition coefficient (Wildman–Crippen LogP) is 2.22. The first kappa shape index (κ1) is 21.7. The molecule has 2 N–H and O–H groups in total. The predicted molar refractivity (Wildman–Crippen MR) is 112 cm³/mol. The molecule has 2 heterocycles. The van der Waals surface area contributed by atoms with Crippen molar-refractivity contribution >= 4 is 5.96 Å². The van der Waals surface area contributed by atoms with Crippen LogP contribution in [-0.4, -0.2) is 63.9 Å². The molecule has 1 aromatic rings. The molecule has 0 amide bonds. The van der Waals surface area contributed by atoms with Crippen LogP contribution in [0.25, 0.3) is 0 Å². The number of nitrogens with zero attached hydrogens (tertiary/aromatic N) is 5. The van der Waals surface area contributed by atoms with Crippen LogP contribution < -0.4 is 10.6 Å². The highest BCUT2D eigenvalue weighted by Gasteiger charge is 2.15. The summed E-state index contributed by atoms with van der Waals surface area (Å²) in [5, 5.41) is 15.6. The summed E-state index contributed by atoms with van der Waals surface area (Å²) in [6.45, 7) is 15.6. The van der Waals surface area contributed by atoms with E-state index in [0.717, 1.165) is 63.2 Å². The van der Waals surface area contributed by atoms with Gasteiger partial charge in [0.2, 0.25) is 0 Å². The molecule has 154 valence electrons. The van der Waals surface area contributed by atoms with E-state index in [1.54, 1.807) is 0 Å². The molecule has 0 atom stereocenters. The van der Waals surface area contributed by atoms with E-state index in [-0.39, 0.29) is 0 Å². The minimum atomic E-state index is 0.541. The zero-order valence-corrected chi connectivity index (χ0v) is 18.0. The third kappa shape index (κ3) is 6.79. The van der Waals surface area contributed by atoms with Crippen molar-refractivity contribution in [1.29, 1.82) is 0 Å². The molecule has 1 aromatic heterocycles. The monoisotopic (exact) mass is 377 g/mol. The molecule has 7 heteroatoms. The van der Waals surface area contributed by atoms with Gasteiger partial charge in [0.1, 0.15) is 11.6 Å². The van der Waals surface area contributed by atoms with Crippen molar-refractivity contribution in [3.8, 4) is 0 Å². The van der Waals surface area contributed by atoms with Crippen LogP contribution in [0.15, 0.2) is 4.99 Å². The van der Waals surface area contributed by atoms with Gasteiger partial charge in [-0.25, -0.2) is 0 Å². The Morgan fingerprint density at radius 1 is 1.11 bits per heavy atom. The normalized spacial score (nSPS) is 15.3. The largest absolute Gasteiger partial charge is 0.357 e. The maximum absolute atomic E-state index is 4.75. The molecular formula is C20H39N7. The van der Waals surface area contributed by atoms with E-state index in [2.05, 4.69) is 64.9 Å². The maximum atomic E-state index is 4.75. The van der Waals surface area contributed by atoms with Gasteiger partial charge in [0, 0.05) is 51.1 Å². The third-order valence-electron chi connectivity index (χ3n) is 5.13. The van der Waals surface area contributed by atoms with Crippen LogP contribution in [0.4, 0.5) is 0 Å². The Labute approximate surface area is 165 Å². The topological polar surface area (TPSA) is 70.4 Å². The van der Waals surface area contributed by atoms with Crippen LogP contribution in [0.5, 0.6) is 0 Å². The zero-order valence-electron chi connectivity index (χ0n) is 18.0. The van der Waals surface area contributed by atoms with Crippen molar-refractivity contribution in [1.82, 2.24) is 30.3 Å². The van der Waals surface area contributed by atoms with Crippen molar-refractivity contribution < 1.29 is 0 Å². The van der Waals surface area contributed by atoms with E-state index in [1.165, 1.54) is 19.3 Å². The highest BCUT2D eigenvalue weighted by atomic mass is 15.3. The summed E-state index contributed by atoms with van der Waals surface area (Å²) in [6, 6.07) is 1.08. The highest BCUT2D eigenvalue weighted by molar-refractivity contribution is 5.79. The Kier molecular flexibility index (Phi) is 9.04. The fourth-order valence-electron chi connectivity index (χ4n) is 3.75. The Hall–Kier alpha value is -1.63. The average Bonchev–Trinajstić information content (AvgIpc) is 2.85. The van der Waals surface area contributed by atoms with E-state index in [1.807, 2.05) is 0 Å². The number of guanidine groups is 1. The summed E-state index contributed by atoms with van der Waals surface area (Å²) < 4.78 is 2.32. The fourth-order valence-corrected chi connectivity index (χ4v) is 3.75. The molecular weight excluding hydrogens is 338 g/mol. The lowest BCUT2D eigenvalue weighted by molar-refractivity contribution is 0.181. The number of aliphatic imine (C=N–C) groups is 1. The van der Waals surface area contributed by atoms with E-state index >= 15 is 0 Å². The molecule has 27 heavy (non-hydrogen) atoms. The van der Waals surface area contributed by atoms with Crippen molar-refractivity contribution in [3.05, 3.63) is 11.6 Å². The average molecular weight is 378 g/mol. The number of rotatable bonds is 9. The number of hydrogen-bond acceptors (Lipinski definition) is 4. The van der Waals surface area contributed by atoms with Crippen molar-refractivity contribution in [2.75, 3.05) is 26.2 Å². The number of aromatic nitrogens is 3. The minimum Gasteiger partial charge on any atom is -0.357 e. The van der Waals surface area contributed by atoms with E-state index < -0.39 is 0 Å². The lowest BCUT2D eigenvalue weighted by Crippen LogP contribution is -2.41. The van der Waals surface area contributed by atoms with Gasteiger partial charge in [-0.2, -0.15) is 0 Å². The van der Waals surface area contributed by atoms with Gasteiger partial charge in [-0.05, 0) is 47.5 Å². The second-order valence-corrected chi connectivity index (χ2v) is 7.86. The second-order valence-electron chi connectivity index (χ2n) is 7.86. The molecule has 0 radical (unpaired) electrons. The SMILES string of the molecule is CCNC(=NCCN(C(C)C)C(C)C)NCCc1nnc2n1CCCCC2. The summed E-state index contributed by atoms with van der Waals surface area (Å²) in [5.74, 6) is 3.15. The van der Waals surface area contributed by atoms with Gasteiger partial charge < -0.3 is 15.2 Å². The number of hydrogen-bond donors (Lipinski definition) is 2. The molecule has 0 aliphatic carbocycles. The smallest absolute Gasteiger partial charge is 0.191 e. The zero-order chi connectivity index (χ0) is 19.6. The summed E-state index contributed by atoms with van der Waals surface area (Å²) >= 11 is 0. The molecule has 0 aromatic carbocycles. The van der Waals surface area contributed by atoms with Crippen LogP contribution >= 0.6 is 0 Å².